The van der Waals surface area contributed by atoms with Crippen LogP contribution in [0.2, 0.25) is 0 Å². The van der Waals surface area contributed by atoms with Crippen molar-refractivity contribution in [3.8, 4) is 28.0 Å². The van der Waals surface area contributed by atoms with Crippen molar-refractivity contribution in [2.75, 3.05) is 86.7 Å². The molecule has 5 aliphatic heterocycles. The smallest absolute Gasteiger partial charge is 0.262 e. The average molecular weight is 1130 g/mol. The molecule has 77 heavy (non-hydrogen) atoms. The summed E-state index contributed by atoms with van der Waals surface area (Å²) in [7, 11) is 0.726. The van der Waals surface area contributed by atoms with Crippen molar-refractivity contribution in [2.24, 2.45) is 18.4 Å². The minimum Gasteiger partial charge on any atom is -0.494 e. The molecule has 1 spiro atoms. The molecule has 3 N–H and O–H groups in total. The maximum Gasteiger partial charge on any atom is 0.262 e. The van der Waals surface area contributed by atoms with Crippen LogP contribution in [0.4, 0.5) is 38.9 Å². The van der Waals surface area contributed by atoms with Crippen LogP contribution < -0.4 is 35.8 Å². The molecule has 4 fully saturated rings. The van der Waals surface area contributed by atoms with E-state index in [9.17, 15) is 28.1 Å². The number of nitrogens with zero attached hydrogens (tertiary/aromatic N) is 8. The zero-order valence-corrected chi connectivity index (χ0v) is 46.1. The van der Waals surface area contributed by atoms with Crippen LogP contribution in [0.5, 0.6) is 5.75 Å². The molecule has 0 saturated carbocycles. The number of anilines is 6. The summed E-state index contributed by atoms with van der Waals surface area (Å²) in [6, 6.07) is 20.5. The molecular weight excluding hydrogens is 1060 g/mol. The van der Waals surface area contributed by atoms with E-state index < -0.39 is 36.8 Å². The largest absolute Gasteiger partial charge is 0.494 e. The Morgan fingerprint density at radius 2 is 1.53 bits per heavy atom. The van der Waals surface area contributed by atoms with Gasteiger partial charge in [0.1, 0.15) is 30.6 Å². The minimum atomic E-state index is -2.85. The number of rotatable bonds is 13. The van der Waals surface area contributed by atoms with Crippen molar-refractivity contribution in [3.63, 3.8) is 0 Å². The molecule has 6 aromatic rings. The Morgan fingerprint density at radius 1 is 0.792 bits per heavy atom. The molecular formula is C57H62BrFN11O6P. The molecule has 2 aromatic heterocycles. The molecule has 4 aromatic carbocycles. The first-order valence-corrected chi connectivity index (χ1v) is 29.7. The average Bonchev–Trinajstić information content (AvgIpc) is 4.09. The first kappa shape index (κ1) is 52.1. The lowest BCUT2D eigenvalue weighted by molar-refractivity contribution is -0.136. The van der Waals surface area contributed by atoms with E-state index in [1.54, 1.807) is 79.8 Å². The quantitative estimate of drug-likeness (QED) is 0.0734. The van der Waals surface area contributed by atoms with E-state index in [-0.39, 0.29) is 24.1 Å². The number of aromatic nitrogens is 4. The standard InChI is InChI=1S/C57H62BrFN11O6P/c1-66-34-37(31-61-66)41-29-46(63-56-60-32-43(58)52(65-56)62-45-12-9-36(27-50(45)77(3,4)75)39-7-5-6-8-44(39)59)49(76-2)30-48(41)69-25-19-57(20-26-69)17-23-67(24-18-57)33-35-15-21-68(22-16-35)38-10-11-40-42(28-38)55(74)70(54(40)73)47-13-14-51(71)64-53(47)72/h5-12,27-32,34-35,47H,13-26,33H2,1-4H3,(H,64,71,72)(H2,60,62,63,65). The summed E-state index contributed by atoms with van der Waals surface area (Å²) in [5, 5.41) is 14.2. The van der Waals surface area contributed by atoms with Crippen molar-refractivity contribution in [3.05, 3.63) is 113 Å². The third kappa shape index (κ3) is 10.6. The van der Waals surface area contributed by atoms with Crippen molar-refractivity contribution >= 4 is 86.5 Å². The number of hydrogen-bond acceptors (Lipinski definition) is 14. The van der Waals surface area contributed by atoms with Crippen LogP contribution in [0, 0.1) is 17.2 Å². The van der Waals surface area contributed by atoms with Gasteiger partial charge < -0.3 is 34.6 Å². The van der Waals surface area contributed by atoms with Gasteiger partial charge in [0.2, 0.25) is 17.8 Å². The van der Waals surface area contributed by atoms with Gasteiger partial charge in [0.05, 0.1) is 40.3 Å². The normalized spacial score (nSPS) is 19.2. The highest BCUT2D eigenvalue weighted by Crippen LogP contribution is 2.47. The number of benzene rings is 4. The number of piperidine rings is 4. The molecule has 1 atom stereocenters. The molecule has 400 valence electrons. The van der Waals surface area contributed by atoms with Crippen molar-refractivity contribution in [1.29, 1.82) is 0 Å². The molecule has 4 saturated heterocycles. The maximum absolute atomic E-state index is 14.8. The van der Waals surface area contributed by atoms with Crippen molar-refractivity contribution < 1.29 is 32.9 Å². The third-order valence-corrected chi connectivity index (χ3v) is 18.5. The van der Waals surface area contributed by atoms with Gasteiger partial charge in [0.25, 0.3) is 11.8 Å². The van der Waals surface area contributed by atoms with Crippen LogP contribution in [-0.4, -0.2) is 125 Å². The van der Waals surface area contributed by atoms with Crippen LogP contribution in [0.3, 0.4) is 0 Å². The summed E-state index contributed by atoms with van der Waals surface area (Å²) >= 11 is 3.61. The van der Waals surface area contributed by atoms with Gasteiger partial charge in [-0.15, -0.1) is 0 Å². The Morgan fingerprint density at radius 3 is 2.23 bits per heavy atom. The summed E-state index contributed by atoms with van der Waals surface area (Å²) in [5.74, 6) is -0.350. The fourth-order valence-corrected chi connectivity index (χ4v) is 13.4. The Labute approximate surface area is 455 Å². The molecule has 5 aliphatic rings. The molecule has 0 aliphatic carbocycles. The SMILES string of the molecule is COc1cc(N2CCC3(CCN(CC4CCN(c5ccc6c(c5)C(=O)N(C5CCC(=O)NC5=O)C6=O)CC4)CC3)CC2)c(-c2cnn(C)c2)cc1Nc1ncc(Br)c(Nc2ccc(-c3ccccc3F)cc2P(C)(C)=O)n1. The van der Waals surface area contributed by atoms with Crippen LogP contribution in [0.15, 0.2) is 95.9 Å². The van der Waals surface area contributed by atoms with Crippen molar-refractivity contribution in [1.82, 2.24) is 34.9 Å². The van der Waals surface area contributed by atoms with Gasteiger partial charge in [-0.05, 0) is 147 Å². The number of halogens is 2. The summed E-state index contributed by atoms with van der Waals surface area (Å²) in [6.45, 7) is 10.2. The second kappa shape index (κ2) is 21.1. The van der Waals surface area contributed by atoms with E-state index in [4.69, 9.17) is 9.72 Å². The van der Waals surface area contributed by atoms with Gasteiger partial charge in [-0.2, -0.15) is 10.1 Å². The van der Waals surface area contributed by atoms with Gasteiger partial charge >= 0.3 is 0 Å². The second-order valence-electron chi connectivity index (χ2n) is 21.6. The number of fused-ring (bicyclic) bond motifs is 1. The highest BCUT2D eigenvalue weighted by molar-refractivity contribution is 9.10. The van der Waals surface area contributed by atoms with Gasteiger partial charge in [0, 0.05) is 98.0 Å². The topological polar surface area (TPSA) is 187 Å². The van der Waals surface area contributed by atoms with Gasteiger partial charge in [-0.1, -0.05) is 24.3 Å². The van der Waals surface area contributed by atoms with E-state index in [1.807, 2.05) is 25.5 Å². The molecule has 1 unspecified atom stereocenters. The van der Waals surface area contributed by atoms with Gasteiger partial charge in [0.15, 0.2) is 0 Å². The lowest BCUT2D eigenvalue weighted by atomic mass is 9.71. The van der Waals surface area contributed by atoms with E-state index in [1.165, 1.54) is 18.9 Å². The Kier molecular flexibility index (Phi) is 14.3. The Hall–Kier alpha value is -6.95. The summed E-state index contributed by atoms with van der Waals surface area (Å²) in [6.07, 6.45) is 12.4. The minimum absolute atomic E-state index is 0.0887. The molecule has 17 nitrogen and oxygen atoms in total. The number of nitrogens with one attached hydrogen (secondary N) is 3. The third-order valence-electron chi connectivity index (χ3n) is 16.3. The number of amides is 4. The number of methoxy groups -OCH3 is 1. The summed E-state index contributed by atoms with van der Waals surface area (Å²) < 4.78 is 37.0. The summed E-state index contributed by atoms with van der Waals surface area (Å²) in [5.41, 5.74) is 7.18. The maximum atomic E-state index is 14.8. The van der Waals surface area contributed by atoms with Crippen LogP contribution in [0.1, 0.15) is 72.1 Å². The second-order valence-corrected chi connectivity index (χ2v) is 25.6. The monoisotopic (exact) mass is 1130 g/mol. The number of likely N-dealkylation sites (tertiary alicyclic amines) is 1. The molecule has 0 bridgehead atoms. The predicted molar refractivity (Wildman–Crippen MR) is 300 cm³/mol. The Balaban J connectivity index is 0.719. The zero-order chi connectivity index (χ0) is 53.8. The number of carbonyl (C=O) groups excluding carboxylic acids is 4. The van der Waals surface area contributed by atoms with Crippen molar-refractivity contribution in [2.45, 2.75) is 57.4 Å². The van der Waals surface area contributed by atoms with E-state index in [0.29, 0.717) is 66.8 Å². The van der Waals surface area contributed by atoms with Gasteiger partial charge in [-0.3, -0.25) is 34.1 Å². The van der Waals surface area contributed by atoms with E-state index >= 15 is 0 Å². The fraction of sp³-hybridized carbons (Fsp3) is 0.386. The lowest BCUT2D eigenvalue weighted by Crippen LogP contribution is -2.54. The fourth-order valence-electron chi connectivity index (χ4n) is 11.9. The Bertz CT molecular complexity index is 3360. The molecule has 11 rings (SSSR count). The van der Waals surface area contributed by atoms with E-state index in [2.05, 4.69) is 68.8 Å². The van der Waals surface area contributed by atoms with E-state index in [0.717, 1.165) is 98.9 Å². The molecule has 4 amide bonds. The zero-order valence-electron chi connectivity index (χ0n) is 43.7. The number of imide groups is 2. The van der Waals surface area contributed by atoms with Gasteiger partial charge in [-0.25, -0.2) is 9.37 Å². The molecule has 0 radical (unpaired) electrons. The first-order valence-electron chi connectivity index (χ1n) is 26.3. The van der Waals surface area contributed by atoms with Crippen LogP contribution in [0.25, 0.3) is 22.3 Å². The highest BCUT2D eigenvalue weighted by atomic mass is 79.9. The molecule has 20 heteroatoms. The van der Waals surface area contributed by atoms with Crippen LogP contribution in [-0.2, 0) is 21.2 Å². The summed E-state index contributed by atoms with van der Waals surface area (Å²) in [4.78, 5) is 69.0. The number of aryl methyl sites for hydroxylation is 1. The first-order chi connectivity index (χ1) is 37.0. The highest BCUT2D eigenvalue weighted by Gasteiger charge is 2.45. The predicted octanol–water partition coefficient (Wildman–Crippen LogP) is 9.19. The number of hydrogen-bond donors (Lipinski definition) is 3. The van der Waals surface area contributed by atoms with Crippen LogP contribution >= 0.6 is 23.1 Å². The molecule has 7 heterocycles. The number of carbonyl (C=O) groups is 4. The number of ether oxygens (including phenoxy) is 1. The lowest BCUT2D eigenvalue weighted by Gasteiger charge is -2.48.